The summed E-state index contributed by atoms with van der Waals surface area (Å²) in [6, 6.07) is 13.8. The molecule has 2 aromatic carbocycles. The molecule has 3 rings (SSSR count). The number of hydrogen-bond acceptors (Lipinski definition) is 4. The van der Waals surface area contributed by atoms with Crippen molar-refractivity contribution in [3.8, 4) is 0 Å². The summed E-state index contributed by atoms with van der Waals surface area (Å²) in [5.41, 5.74) is 1.61. The quantitative estimate of drug-likeness (QED) is 0.653. The zero-order valence-electron chi connectivity index (χ0n) is 17.2. The van der Waals surface area contributed by atoms with Crippen LogP contribution in [-0.4, -0.2) is 50.1 Å². The van der Waals surface area contributed by atoms with E-state index < -0.39 is 0 Å². The molecule has 30 heavy (non-hydrogen) atoms. The Hall–Kier alpha value is -2.77. The third kappa shape index (κ3) is 5.87. The molecule has 0 unspecified atom stereocenters. The predicted octanol–water partition coefficient (Wildman–Crippen LogP) is 3.05. The molecule has 0 spiro atoms. The fourth-order valence-corrected chi connectivity index (χ4v) is 3.61. The Labute approximate surface area is 176 Å². The Balaban J connectivity index is 1.54. The van der Waals surface area contributed by atoms with Gasteiger partial charge in [0.1, 0.15) is 5.82 Å². The Morgan fingerprint density at radius 3 is 2.53 bits per heavy atom. The predicted molar refractivity (Wildman–Crippen MR) is 114 cm³/mol. The van der Waals surface area contributed by atoms with Crippen molar-refractivity contribution < 1.29 is 18.7 Å². The normalized spacial score (nSPS) is 15.0. The van der Waals surface area contributed by atoms with E-state index in [0.717, 1.165) is 13.1 Å². The lowest BCUT2D eigenvalue weighted by molar-refractivity contribution is -0.121. The van der Waals surface area contributed by atoms with Crippen LogP contribution in [0.4, 0.5) is 10.1 Å². The monoisotopic (exact) mass is 413 g/mol. The number of carbonyl (C=O) groups is 2. The van der Waals surface area contributed by atoms with Gasteiger partial charge < -0.3 is 15.4 Å². The van der Waals surface area contributed by atoms with Crippen molar-refractivity contribution >= 4 is 17.5 Å². The van der Waals surface area contributed by atoms with Gasteiger partial charge in [-0.3, -0.25) is 14.5 Å². The molecule has 0 atom stereocenters. The highest BCUT2D eigenvalue weighted by Gasteiger charge is 2.26. The molecule has 1 fully saturated rings. The molecule has 0 radical (unpaired) electrons. The second-order valence-electron chi connectivity index (χ2n) is 7.43. The molecule has 2 aromatic rings. The number of piperidine rings is 1. The lowest BCUT2D eigenvalue weighted by Crippen LogP contribution is -2.38. The number of likely N-dealkylation sites (tertiary alicyclic amines) is 1. The van der Waals surface area contributed by atoms with Crippen molar-refractivity contribution in [3.63, 3.8) is 0 Å². The van der Waals surface area contributed by atoms with Crippen molar-refractivity contribution in [2.24, 2.45) is 5.92 Å². The maximum Gasteiger partial charge on any atom is 0.253 e. The summed E-state index contributed by atoms with van der Waals surface area (Å²) in [6.07, 6.45) is 1.39. The first kappa shape index (κ1) is 21.9. The van der Waals surface area contributed by atoms with Crippen LogP contribution in [0.1, 0.15) is 28.8 Å². The Kier molecular flexibility index (Phi) is 7.93. The van der Waals surface area contributed by atoms with E-state index in [-0.39, 0.29) is 23.5 Å². The molecule has 7 heteroatoms. The second kappa shape index (κ2) is 10.8. The Bertz CT molecular complexity index is 866. The lowest BCUT2D eigenvalue weighted by atomic mass is 9.95. The SMILES string of the molecule is COCCNC(=O)c1ccccc1NC(=O)C1CCN(Cc2ccccc2F)CC1. The molecule has 0 bridgehead atoms. The fourth-order valence-electron chi connectivity index (χ4n) is 3.61. The van der Waals surface area contributed by atoms with Crippen LogP contribution in [0.15, 0.2) is 48.5 Å². The number of methoxy groups -OCH3 is 1. The maximum atomic E-state index is 13.9. The highest BCUT2D eigenvalue weighted by Crippen LogP contribution is 2.23. The van der Waals surface area contributed by atoms with Crippen molar-refractivity contribution in [1.82, 2.24) is 10.2 Å². The number of halogens is 1. The van der Waals surface area contributed by atoms with Crippen LogP contribution < -0.4 is 10.6 Å². The molecular formula is C23H28FN3O3. The average molecular weight is 413 g/mol. The Morgan fingerprint density at radius 1 is 1.10 bits per heavy atom. The van der Waals surface area contributed by atoms with E-state index in [4.69, 9.17) is 4.74 Å². The second-order valence-corrected chi connectivity index (χ2v) is 7.43. The van der Waals surface area contributed by atoms with Gasteiger partial charge in [-0.15, -0.1) is 0 Å². The fraction of sp³-hybridized carbons (Fsp3) is 0.391. The van der Waals surface area contributed by atoms with Gasteiger partial charge >= 0.3 is 0 Å². The number of nitrogens with one attached hydrogen (secondary N) is 2. The minimum Gasteiger partial charge on any atom is -0.383 e. The van der Waals surface area contributed by atoms with Gasteiger partial charge in [-0.25, -0.2) is 4.39 Å². The highest BCUT2D eigenvalue weighted by molar-refractivity contribution is 6.04. The number of ether oxygens (including phenoxy) is 1. The molecule has 1 aliphatic heterocycles. The van der Waals surface area contributed by atoms with Crippen LogP contribution in [0, 0.1) is 11.7 Å². The standard InChI is InChI=1S/C23H28FN3O3/c1-30-15-12-25-23(29)19-7-3-5-9-21(19)26-22(28)17-10-13-27(14-11-17)16-18-6-2-4-8-20(18)24/h2-9,17H,10-16H2,1H3,(H,25,29)(H,26,28). The summed E-state index contributed by atoms with van der Waals surface area (Å²) < 4.78 is 18.8. The summed E-state index contributed by atoms with van der Waals surface area (Å²) in [7, 11) is 1.57. The minimum absolute atomic E-state index is 0.0855. The third-order valence-electron chi connectivity index (χ3n) is 5.33. The summed E-state index contributed by atoms with van der Waals surface area (Å²) >= 11 is 0. The first-order valence-corrected chi connectivity index (χ1v) is 10.2. The molecule has 1 saturated heterocycles. The third-order valence-corrected chi connectivity index (χ3v) is 5.33. The van der Waals surface area contributed by atoms with E-state index in [2.05, 4.69) is 15.5 Å². The minimum atomic E-state index is -0.248. The van der Waals surface area contributed by atoms with Gasteiger partial charge in [0.15, 0.2) is 0 Å². The van der Waals surface area contributed by atoms with Crippen molar-refractivity contribution in [1.29, 1.82) is 0 Å². The molecule has 0 aromatic heterocycles. The molecule has 1 aliphatic rings. The van der Waals surface area contributed by atoms with E-state index >= 15 is 0 Å². The summed E-state index contributed by atoms with van der Waals surface area (Å²) in [6.45, 7) is 2.83. The number of carbonyl (C=O) groups excluding carboxylic acids is 2. The topological polar surface area (TPSA) is 70.7 Å². The molecule has 2 N–H and O–H groups in total. The van der Waals surface area contributed by atoms with Crippen molar-refractivity contribution in [3.05, 3.63) is 65.5 Å². The van der Waals surface area contributed by atoms with E-state index in [1.54, 1.807) is 43.5 Å². The number of amides is 2. The first-order valence-electron chi connectivity index (χ1n) is 10.2. The average Bonchev–Trinajstić information content (AvgIpc) is 2.76. The molecule has 6 nitrogen and oxygen atoms in total. The van der Waals surface area contributed by atoms with Crippen LogP contribution >= 0.6 is 0 Å². The number of anilines is 1. The van der Waals surface area contributed by atoms with Crippen molar-refractivity contribution in [2.45, 2.75) is 19.4 Å². The molecule has 0 saturated carbocycles. The van der Waals surface area contributed by atoms with Gasteiger partial charge in [-0.05, 0) is 44.1 Å². The van der Waals surface area contributed by atoms with Crippen molar-refractivity contribution in [2.75, 3.05) is 38.7 Å². The van der Waals surface area contributed by atoms with E-state index in [9.17, 15) is 14.0 Å². The van der Waals surface area contributed by atoms with E-state index in [0.29, 0.717) is 49.4 Å². The molecule has 1 heterocycles. The molecule has 0 aliphatic carbocycles. The number of para-hydroxylation sites is 1. The highest BCUT2D eigenvalue weighted by atomic mass is 19.1. The van der Waals surface area contributed by atoms with Crippen LogP contribution in [0.25, 0.3) is 0 Å². The van der Waals surface area contributed by atoms with Gasteiger partial charge in [-0.1, -0.05) is 30.3 Å². The largest absolute Gasteiger partial charge is 0.383 e. The van der Waals surface area contributed by atoms with Crippen LogP contribution in [0.2, 0.25) is 0 Å². The van der Waals surface area contributed by atoms with Crippen LogP contribution in [0.3, 0.4) is 0 Å². The number of nitrogens with zero attached hydrogens (tertiary/aromatic N) is 1. The zero-order chi connectivity index (χ0) is 21.3. The number of rotatable bonds is 8. The first-order chi connectivity index (χ1) is 14.6. The van der Waals surface area contributed by atoms with Gasteiger partial charge in [-0.2, -0.15) is 0 Å². The molecular weight excluding hydrogens is 385 g/mol. The summed E-state index contributed by atoms with van der Waals surface area (Å²) in [4.78, 5) is 27.3. The molecule has 160 valence electrons. The smallest absolute Gasteiger partial charge is 0.253 e. The van der Waals surface area contributed by atoms with Gasteiger partial charge in [0, 0.05) is 31.7 Å². The molecule has 2 amide bonds. The Morgan fingerprint density at radius 2 is 1.80 bits per heavy atom. The number of benzene rings is 2. The van der Waals surface area contributed by atoms with E-state index in [1.807, 2.05) is 6.07 Å². The number of hydrogen-bond donors (Lipinski definition) is 2. The van der Waals surface area contributed by atoms with Crippen LogP contribution in [0.5, 0.6) is 0 Å². The van der Waals surface area contributed by atoms with Gasteiger partial charge in [0.25, 0.3) is 5.91 Å². The van der Waals surface area contributed by atoms with E-state index in [1.165, 1.54) is 6.07 Å². The zero-order valence-corrected chi connectivity index (χ0v) is 17.2. The maximum absolute atomic E-state index is 13.9. The van der Waals surface area contributed by atoms with Gasteiger partial charge in [0.05, 0.1) is 17.9 Å². The lowest BCUT2D eigenvalue weighted by Gasteiger charge is -2.31. The summed E-state index contributed by atoms with van der Waals surface area (Å²) in [5, 5.41) is 5.69. The summed E-state index contributed by atoms with van der Waals surface area (Å²) in [5.74, 6) is -0.662. The van der Waals surface area contributed by atoms with Gasteiger partial charge in [0.2, 0.25) is 5.91 Å². The van der Waals surface area contributed by atoms with Crippen LogP contribution in [-0.2, 0) is 16.1 Å².